The number of nitrogens with two attached hydrogens (primary N) is 1. The Morgan fingerprint density at radius 1 is 1.47 bits per heavy atom. The van der Waals surface area contributed by atoms with Crippen molar-refractivity contribution in [3.63, 3.8) is 0 Å². The molecule has 0 aromatic heterocycles. The van der Waals surface area contributed by atoms with Crippen LogP contribution in [0.5, 0.6) is 0 Å². The van der Waals surface area contributed by atoms with E-state index in [4.69, 9.17) is 10.6 Å². The van der Waals surface area contributed by atoms with E-state index in [1.807, 2.05) is 6.92 Å². The van der Waals surface area contributed by atoms with Crippen molar-refractivity contribution in [1.82, 2.24) is 5.43 Å². The second-order valence-corrected chi connectivity index (χ2v) is 3.68. The maximum atomic E-state index is 5.54. The van der Waals surface area contributed by atoms with E-state index in [9.17, 15) is 0 Å². The Morgan fingerprint density at radius 3 is 2.73 bits per heavy atom. The predicted octanol–water partition coefficient (Wildman–Crippen LogP) is 1.79. The average Bonchev–Trinajstić information content (AvgIpc) is 2.30. The molecule has 1 rings (SSSR count). The van der Waals surface area contributed by atoms with Crippen LogP contribution >= 0.6 is 0 Å². The molecule has 3 N–H and O–H groups in total. The monoisotopic (exact) mass is 208 g/mol. The molecule has 0 aliphatic carbocycles. The number of aryl methyl sites for hydroxylation is 1. The van der Waals surface area contributed by atoms with Gasteiger partial charge in [-0.2, -0.15) is 0 Å². The van der Waals surface area contributed by atoms with Crippen LogP contribution in [0.15, 0.2) is 24.3 Å². The standard InChI is InChI=1S/C12H20N2O/c1-4-10-6-5-7-11(8-10)12(14-13)9(2)15-3/h5-9,12,14H,4,13H2,1-3H3. The number of hydrogen-bond donors (Lipinski definition) is 2. The van der Waals surface area contributed by atoms with Crippen molar-refractivity contribution in [2.45, 2.75) is 32.4 Å². The Morgan fingerprint density at radius 2 is 2.20 bits per heavy atom. The Bertz CT molecular complexity index is 301. The van der Waals surface area contributed by atoms with E-state index in [0.29, 0.717) is 0 Å². The lowest BCUT2D eigenvalue weighted by Crippen LogP contribution is -2.36. The third kappa shape index (κ3) is 3.02. The Labute approximate surface area is 91.6 Å². The van der Waals surface area contributed by atoms with Gasteiger partial charge in [0.1, 0.15) is 0 Å². The normalized spacial score (nSPS) is 14.9. The van der Waals surface area contributed by atoms with Gasteiger partial charge in [0.25, 0.3) is 0 Å². The fourth-order valence-corrected chi connectivity index (χ4v) is 1.65. The Kier molecular flexibility index (Phi) is 4.75. The van der Waals surface area contributed by atoms with Gasteiger partial charge in [0.2, 0.25) is 0 Å². The topological polar surface area (TPSA) is 47.3 Å². The van der Waals surface area contributed by atoms with E-state index < -0.39 is 0 Å². The summed E-state index contributed by atoms with van der Waals surface area (Å²) in [7, 11) is 1.69. The molecule has 3 nitrogen and oxygen atoms in total. The number of rotatable bonds is 5. The summed E-state index contributed by atoms with van der Waals surface area (Å²) >= 11 is 0. The molecule has 0 spiro atoms. The molecule has 2 atom stereocenters. The van der Waals surface area contributed by atoms with E-state index in [0.717, 1.165) is 6.42 Å². The molecule has 0 bridgehead atoms. The van der Waals surface area contributed by atoms with E-state index in [2.05, 4.69) is 36.6 Å². The molecule has 0 aliphatic rings. The molecule has 1 aromatic carbocycles. The van der Waals surface area contributed by atoms with Crippen LogP contribution in [0.4, 0.5) is 0 Å². The van der Waals surface area contributed by atoms with Gasteiger partial charge in [0, 0.05) is 7.11 Å². The summed E-state index contributed by atoms with van der Waals surface area (Å²) in [5.74, 6) is 5.54. The third-order valence-corrected chi connectivity index (χ3v) is 2.74. The summed E-state index contributed by atoms with van der Waals surface area (Å²) in [4.78, 5) is 0. The summed E-state index contributed by atoms with van der Waals surface area (Å²) in [6.45, 7) is 4.15. The van der Waals surface area contributed by atoms with Gasteiger partial charge in [-0.3, -0.25) is 11.3 Å². The molecule has 0 saturated heterocycles. The van der Waals surface area contributed by atoms with Crippen molar-refractivity contribution in [3.05, 3.63) is 35.4 Å². The Balaban J connectivity index is 2.91. The first-order valence-corrected chi connectivity index (χ1v) is 5.30. The molecular weight excluding hydrogens is 188 g/mol. The van der Waals surface area contributed by atoms with E-state index in [1.165, 1.54) is 11.1 Å². The number of benzene rings is 1. The molecule has 3 heteroatoms. The lowest BCUT2D eigenvalue weighted by Gasteiger charge is -2.22. The van der Waals surface area contributed by atoms with Crippen molar-refractivity contribution in [3.8, 4) is 0 Å². The lowest BCUT2D eigenvalue weighted by molar-refractivity contribution is 0.0830. The van der Waals surface area contributed by atoms with Gasteiger partial charge in [0.05, 0.1) is 12.1 Å². The highest BCUT2D eigenvalue weighted by Gasteiger charge is 2.17. The molecular formula is C12H20N2O. The highest BCUT2D eigenvalue weighted by Crippen LogP contribution is 2.19. The maximum absolute atomic E-state index is 5.54. The lowest BCUT2D eigenvalue weighted by atomic mass is 10.00. The van der Waals surface area contributed by atoms with Crippen molar-refractivity contribution in [2.75, 3.05) is 7.11 Å². The van der Waals surface area contributed by atoms with Crippen molar-refractivity contribution in [1.29, 1.82) is 0 Å². The molecule has 0 radical (unpaired) electrons. The Hall–Kier alpha value is -0.900. The fraction of sp³-hybridized carbons (Fsp3) is 0.500. The summed E-state index contributed by atoms with van der Waals surface area (Å²) in [5, 5.41) is 0. The van der Waals surface area contributed by atoms with E-state index >= 15 is 0 Å². The first kappa shape index (κ1) is 12.2. The highest BCUT2D eigenvalue weighted by molar-refractivity contribution is 5.26. The van der Waals surface area contributed by atoms with Gasteiger partial charge in [0.15, 0.2) is 0 Å². The molecule has 0 saturated carbocycles. The van der Waals surface area contributed by atoms with Crippen LogP contribution in [-0.4, -0.2) is 13.2 Å². The number of hydrazine groups is 1. The van der Waals surface area contributed by atoms with Crippen LogP contribution in [0.1, 0.15) is 31.0 Å². The van der Waals surface area contributed by atoms with Gasteiger partial charge < -0.3 is 4.74 Å². The van der Waals surface area contributed by atoms with Gasteiger partial charge in [-0.25, -0.2) is 0 Å². The van der Waals surface area contributed by atoms with E-state index in [-0.39, 0.29) is 12.1 Å². The minimum Gasteiger partial charge on any atom is -0.380 e. The van der Waals surface area contributed by atoms with Gasteiger partial charge in [-0.05, 0) is 24.5 Å². The zero-order valence-corrected chi connectivity index (χ0v) is 9.66. The zero-order chi connectivity index (χ0) is 11.3. The largest absolute Gasteiger partial charge is 0.380 e. The predicted molar refractivity (Wildman–Crippen MR) is 62.4 cm³/mol. The number of nitrogens with one attached hydrogen (secondary N) is 1. The first-order valence-electron chi connectivity index (χ1n) is 5.30. The second-order valence-electron chi connectivity index (χ2n) is 3.68. The summed E-state index contributed by atoms with van der Waals surface area (Å²) < 4.78 is 5.29. The zero-order valence-electron chi connectivity index (χ0n) is 9.66. The average molecular weight is 208 g/mol. The number of hydrogen-bond acceptors (Lipinski definition) is 3. The summed E-state index contributed by atoms with van der Waals surface area (Å²) in [6.07, 6.45) is 1.09. The van der Waals surface area contributed by atoms with Gasteiger partial charge in [-0.1, -0.05) is 31.2 Å². The molecule has 2 unspecified atom stereocenters. The van der Waals surface area contributed by atoms with Crippen molar-refractivity contribution in [2.24, 2.45) is 5.84 Å². The minimum atomic E-state index is 0.0431. The third-order valence-electron chi connectivity index (χ3n) is 2.74. The van der Waals surface area contributed by atoms with Crippen LogP contribution < -0.4 is 11.3 Å². The van der Waals surface area contributed by atoms with Crippen LogP contribution in [0.3, 0.4) is 0 Å². The van der Waals surface area contributed by atoms with E-state index in [1.54, 1.807) is 7.11 Å². The smallest absolute Gasteiger partial charge is 0.0750 e. The molecule has 0 heterocycles. The summed E-state index contributed by atoms with van der Waals surface area (Å²) in [6, 6.07) is 8.45. The quantitative estimate of drug-likeness (QED) is 0.573. The molecule has 0 aliphatic heterocycles. The van der Waals surface area contributed by atoms with Crippen molar-refractivity contribution >= 4 is 0 Å². The second kappa shape index (κ2) is 5.85. The number of ether oxygens (including phenoxy) is 1. The van der Waals surface area contributed by atoms with Crippen molar-refractivity contribution < 1.29 is 4.74 Å². The number of methoxy groups -OCH3 is 1. The minimum absolute atomic E-state index is 0.0431. The van der Waals surface area contributed by atoms with Gasteiger partial charge in [-0.15, -0.1) is 0 Å². The SMILES string of the molecule is CCc1cccc(C(NN)C(C)OC)c1. The maximum Gasteiger partial charge on any atom is 0.0750 e. The first-order chi connectivity index (χ1) is 7.22. The molecule has 1 aromatic rings. The molecule has 0 amide bonds. The molecule has 15 heavy (non-hydrogen) atoms. The van der Waals surface area contributed by atoms with Gasteiger partial charge >= 0.3 is 0 Å². The van der Waals surface area contributed by atoms with Crippen LogP contribution in [0.25, 0.3) is 0 Å². The molecule has 0 fully saturated rings. The van der Waals surface area contributed by atoms with Crippen LogP contribution in [-0.2, 0) is 11.2 Å². The summed E-state index contributed by atoms with van der Waals surface area (Å²) in [5.41, 5.74) is 5.28. The fourth-order valence-electron chi connectivity index (χ4n) is 1.65. The highest BCUT2D eigenvalue weighted by atomic mass is 16.5. The molecule has 84 valence electrons. The van der Waals surface area contributed by atoms with Crippen LogP contribution in [0, 0.1) is 0 Å². The van der Waals surface area contributed by atoms with Crippen LogP contribution in [0.2, 0.25) is 0 Å².